The summed E-state index contributed by atoms with van der Waals surface area (Å²) in [6, 6.07) is 7.35. The van der Waals surface area contributed by atoms with Crippen LogP contribution in [0.3, 0.4) is 0 Å². The molecule has 0 atom stereocenters. The number of methoxy groups -OCH3 is 1. The molecule has 0 aliphatic rings. The number of nitrogens with zero attached hydrogens (tertiary/aromatic N) is 2. The third-order valence-electron chi connectivity index (χ3n) is 2.25. The van der Waals surface area contributed by atoms with Crippen molar-refractivity contribution in [3.63, 3.8) is 0 Å². The second-order valence-electron chi connectivity index (χ2n) is 3.38. The number of benzene rings is 1. The fourth-order valence-corrected chi connectivity index (χ4v) is 2.01. The average Bonchev–Trinajstić information content (AvgIpc) is 2.80. The zero-order chi connectivity index (χ0) is 13.1. The summed E-state index contributed by atoms with van der Waals surface area (Å²) >= 11 is 1.22. The molecule has 18 heavy (non-hydrogen) atoms. The molecule has 0 fully saturated rings. The van der Waals surface area contributed by atoms with Crippen LogP contribution in [-0.4, -0.2) is 35.6 Å². The van der Waals surface area contributed by atoms with Crippen LogP contribution in [-0.2, 0) is 4.74 Å². The summed E-state index contributed by atoms with van der Waals surface area (Å²) in [5.41, 5.74) is 0. The van der Waals surface area contributed by atoms with Gasteiger partial charge in [0, 0.05) is 7.05 Å². The van der Waals surface area contributed by atoms with Gasteiger partial charge in [-0.05, 0) is 23.7 Å². The molecular formula is C11H10N2O4S. The van der Waals surface area contributed by atoms with Gasteiger partial charge in [0.2, 0.25) is 5.88 Å². The van der Waals surface area contributed by atoms with E-state index in [9.17, 15) is 9.59 Å². The molecule has 6 nitrogen and oxygen atoms in total. The van der Waals surface area contributed by atoms with E-state index >= 15 is 0 Å². The van der Waals surface area contributed by atoms with E-state index in [0.29, 0.717) is 0 Å². The van der Waals surface area contributed by atoms with E-state index in [0.717, 1.165) is 15.0 Å². The maximum Gasteiger partial charge on any atom is 0.425 e. The van der Waals surface area contributed by atoms with Crippen LogP contribution in [0.25, 0.3) is 10.1 Å². The van der Waals surface area contributed by atoms with E-state index in [1.807, 2.05) is 18.2 Å². The van der Waals surface area contributed by atoms with Crippen LogP contribution in [0.5, 0.6) is 5.88 Å². The Morgan fingerprint density at radius 1 is 1.28 bits per heavy atom. The number of imide groups is 1. The molecule has 0 saturated carbocycles. The third-order valence-corrected chi connectivity index (χ3v) is 3.06. The molecule has 0 aliphatic heterocycles. The zero-order valence-corrected chi connectivity index (χ0v) is 10.6. The van der Waals surface area contributed by atoms with E-state index in [-0.39, 0.29) is 5.88 Å². The Morgan fingerprint density at radius 2 is 2.00 bits per heavy atom. The Morgan fingerprint density at radius 3 is 2.72 bits per heavy atom. The predicted molar refractivity (Wildman–Crippen MR) is 65.8 cm³/mol. The summed E-state index contributed by atoms with van der Waals surface area (Å²) in [4.78, 5) is 23.5. The Hall–Kier alpha value is -2.15. The van der Waals surface area contributed by atoms with Crippen LogP contribution in [0.1, 0.15) is 0 Å². The lowest BCUT2D eigenvalue weighted by molar-refractivity contribution is 0.121. The lowest BCUT2D eigenvalue weighted by atomic mass is 10.3. The van der Waals surface area contributed by atoms with Crippen LogP contribution < -0.4 is 4.74 Å². The van der Waals surface area contributed by atoms with Crippen molar-refractivity contribution >= 4 is 33.8 Å². The van der Waals surface area contributed by atoms with E-state index in [1.54, 1.807) is 6.07 Å². The molecule has 2 amide bonds. The van der Waals surface area contributed by atoms with Crippen molar-refractivity contribution in [1.29, 1.82) is 0 Å². The van der Waals surface area contributed by atoms with Gasteiger partial charge in [-0.3, -0.25) is 0 Å². The number of ether oxygens (including phenoxy) is 2. The van der Waals surface area contributed by atoms with E-state index in [1.165, 1.54) is 25.7 Å². The van der Waals surface area contributed by atoms with E-state index < -0.39 is 12.2 Å². The summed E-state index contributed by atoms with van der Waals surface area (Å²) in [6.45, 7) is 0. The molecular weight excluding hydrogens is 256 g/mol. The van der Waals surface area contributed by atoms with Crippen molar-refractivity contribution in [1.82, 2.24) is 9.27 Å². The SMILES string of the molecule is COC(=O)N(C)C(=O)Oc1nsc2ccccc12. The Kier molecular flexibility index (Phi) is 3.42. The van der Waals surface area contributed by atoms with Gasteiger partial charge in [-0.25, -0.2) is 14.5 Å². The van der Waals surface area contributed by atoms with E-state index in [4.69, 9.17) is 4.74 Å². The molecule has 0 spiro atoms. The van der Waals surface area contributed by atoms with Crippen LogP contribution in [0.2, 0.25) is 0 Å². The van der Waals surface area contributed by atoms with E-state index in [2.05, 4.69) is 9.11 Å². The van der Waals surface area contributed by atoms with Crippen LogP contribution in [0.4, 0.5) is 9.59 Å². The fraction of sp³-hybridized carbons (Fsp3) is 0.182. The molecule has 0 unspecified atom stereocenters. The van der Waals surface area contributed by atoms with Crippen molar-refractivity contribution in [3.05, 3.63) is 24.3 Å². The second kappa shape index (κ2) is 5.01. The minimum Gasteiger partial charge on any atom is -0.452 e. The number of rotatable bonds is 1. The number of hydrogen-bond donors (Lipinski definition) is 0. The lowest BCUT2D eigenvalue weighted by Gasteiger charge is -2.12. The van der Waals surface area contributed by atoms with Crippen LogP contribution >= 0.6 is 11.5 Å². The van der Waals surface area contributed by atoms with Gasteiger partial charge in [-0.15, -0.1) is 0 Å². The highest BCUT2D eigenvalue weighted by atomic mass is 32.1. The summed E-state index contributed by atoms with van der Waals surface area (Å²) < 4.78 is 14.4. The van der Waals surface area contributed by atoms with Crippen molar-refractivity contribution in [3.8, 4) is 5.88 Å². The minimum atomic E-state index is -0.835. The van der Waals surface area contributed by atoms with Gasteiger partial charge in [-0.1, -0.05) is 12.1 Å². The first kappa shape index (κ1) is 12.3. The van der Waals surface area contributed by atoms with Gasteiger partial charge in [0.15, 0.2) is 0 Å². The molecule has 1 heterocycles. The zero-order valence-electron chi connectivity index (χ0n) is 9.75. The molecule has 2 aromatic rings. The number of aromatic nitrogens is 1. The number of carbonyl (C=O) groups is 2. The van der Waals surface area contributed by atoms with Gasteiger partial charge in [0.25, 0.3) is 0 Å². The summed E-state index contributed by atoms with van der Waals surface area (Å²) in [7, 11) is 2.45. The topological polar surface area (TPSA) is 68.7 Å². The highest BCUT2D eigenvalue weighted by molar-refractivity contribution is 7.13. The summed E-state index contributed by atoms with van der Waals surface area (Å²) in [5.74, 6) is 0.191. The number of hydrogen-bond acceptors (Lipinski definition) is 6. The molecule has 0 bridgehead atoms. The Balaban J connectivity index is 2.19. The van der Waals surface area contributed by atoms with Crippen molar-refractivity contribution in [2.45, 2.75) is 0 Å². The summed E-state index contributed by atoms with van der Waals surface area (Å²) in [5, 5.41) is 0.731. The van der Waals surface area contributed by atoms with Gasteiger partial charge < -0.3 is 9.47 Å². The smallest absolute Gasteiger partial charge is 0.425 e. The normalized spacial score (nSPS) is 10.1. The van der Waals surface area contributed by atoms with Crippen molar-refractivity contribution in [2.75, 3.05) is 14.2 Å². The maximum atomic E-state index is 11.6. The van der Waals surface area contributed by atoms with Gasteiger partial charge in [0.05, 0.1) is 17.2 Å². The largest absolute Gasteiger partial charge is 0.452 e. The molecule has 0 aliphatic carbocycles. The Bertz CT molecular complexity index is 595. The standard InChI is InChI=1S/C11H10N2O4S/c1-13(10(14)16-2)11(15)17-9-7-5-3-4-6-8(7)18-12-9/h3-6H,1-2H3. The minimum absolute atomic E-state index is 0.191. The highest BCUT2D eigenvalue weighted by Gasteiger charge is 2.21. The molecule has 7 heteroatoms. The number of fused-ring (bicyclic) bond motifs is 1. The number of carbonyl (C=O) groups excluding carboxylic acids is 2. The first-order valence-corrected chi connectivity index (χ1v) is 5.78. The quantitative estimate of drug-likeness (QED) is 0.793. The number of amides is 2. The van der Waals surface area contributed by atoms with Crippen molar-refractivity contribution < 1.29 is 19.1 Å². The van der Waals surface area contributed by atoms with Gasteiger partial charge >= 0.3 is 12.2 Å². The van der Waals surface area contributed by atoms with Gasteiger partial charge in [-0.2, -0.15) is 4.37 Å². The lowest BCUT2D eigenvalue weighted by Crippen LogP contribution is -2.35. The monoisotopic (exact) mass is 266 g/mol. The second-order valence-corrected chi connectivity index (χ2v) is 4.19. The summed E-state index contributed by atoms with van der Waals surface area (Å²) in [6.07, 6.45) is -1.63. The first-order valence-electron chi connectivity index (χ1n) is 5.01. The molecule has 1 aromatic heterocycles. The third kappa shape index (κ3) is 2.25. The van der Waals surface area contributed by atoms with Gasteiger partial charge in [0.1, 0.15) is 0 Å². The molecule has 2 rings (SSSR count). The molecule has 0 radical (unpaired) electrons. The van der Waals surface area contributed by atoms with Crippen molar-refractivity contribution in [2.24, 2.45) is 0 Å². The average molecular weight is 266 g/mol. The van der Waals surface area contributed by atoms with Crippen LogP contribution in [0, 0.1) is 0 Å². The Labute approximate surface area is 107 Å². The molecule has 1 aromatic carbocycles. The molecule has 94 valence electrons. The van der Waals surface area contributed by atoms with Crippen LogP contribution in [0.15, 0.2) is 24.3 Å². The maximum absolute atomic E-state index is 11.6. The first-order chi connectivity index (χ1) is 8.63. The molecule has 0 saturated heterocycles. The predicted octanol–water partition coefficient (Wildman–Crippen LogP) is 2.49. The molecule has 0 N–H and O–H groups in total. The fourth-order valence-electron chi connectivity index (χ4n) is 1.30. The highest BCUT2D eigenvalue weighted by Crippen LogP contribution is 2.28.